The maximum Gasteiger partial charge on any atom is 0.225 e. The Kier molecular flexibility index (Phi) is 7.25. The number of nitrogens with zero attached hydrogens (tertiary/aromatic N) is 1. The molecule has 0 unspecified atom stereocenters. The molecule has 0 spiro atoms. The van der Waals surface area contributed by atoms with Crippen LogP contribution in [0.5, 0.6) is 5.75 Å². The van der Waals surface area contributed by atoms with Crippen LogP contribution in [0.2, 0.25) is 0 Å². The molecule has 0 saturated heterocycles. The number of carbonyl (C=O) groups excluding carboxylic acids is 1. The van der Waals surface area contributed by atoms with E-state index in [1.165, 1.54) is 0 Å². The Labute approximate surface area is 192 Å². The number of carbonyl (C=O) groups is 1. The van der Waals surface area contributed by atoms with E-state index < -0.39 is 0 Å². The number of amides is 1. The van der Waals surface area contributed by atoms with Gasteiger partial charge in [0.05, 0.1) is 18.0 Å². The normalized spacial score (nSPS) is 10.7. The molecule has 32 heavy (non-hydrogen) atoms. The number of ether oxygens (including phenoxy) is 1. The van der Waals surface area contributed by atoms with E-state index in [9.17, 15) is 4.79 Å². The van der Waals surface area contributed by atoms with Crippen LogP contribution in [-0.2, 0) is 4.79 Å². The van der Waals surface area contributed by atoms with Gasteiger partial charge in [0, 0.05) is 29.0 Å². The average molecular weight is 444 g/mol. The van der Waals surface area contributed by atoms with Crippen molar-refractivity contribution in [1.29, 1.82) is 0 Å². The van der Waals surface area contributed by atoms with Gasteiger partial charge in [0.25, 0.3) is 0 Å². The molecule has 0 radical (unpaired) electrons. The van der Waals surface area contributed by atoms with E-state index in [2.05, 4.69) is 34.6 Å². The Hall–Kier alpha value is -3.51. The highest BCUT2D eigenvalue weighted by molar-refractivity contribution is 7.99. The lowest BCUT2D eigenvalue weighted by molar-refractivity contribution is -0.115. The summed E-state index contributed by atoms with van der Waals surface area (Å²) in [5, 5.41) is 3.73. The van der Waals surface area contributed by atoms with E-state index in [1.54, 1.807) is 11.8 Å². The number of H-pyrrole nitrogens is 1. The Bertz CT molecular complexity index is 1090. The van der Waals surface area contributed by atoms with Crippen LogP contribution in [0, 0.1) is 0 Å². The van der Waals surface area contributed by atoms with E-state index >= 15 is 0 Å². The predicted molar refractivity (Wildman–Crippen MR) is 131 cm³/mol. The van der Waals surface area contributed by atoms with Gasteiger partial charge < -0.3 is 15.0 Å². The van der Waals surface area contributed by atoms with Gasteiger partial charge >= 0.3 is 0 Å². The van der Waals surface area contributed by atoms with Crippen molar-refractivity contribution in [3.05, 3.63) is 84.9 Å². The summed E-state index contributed by atoms with van der Waals surface area (Å²) in [6.45, 7) is 2.56. The monoisotopic (exact) mass is 443 g/mol. The van der Waals surface area contributed by atoms with Crippen molar-refractivity contribution in [2.75, 3.05) is 17.7 Å². The highest BCUT2D eigenvalue weighted by atomic mass is 32.2. The molecule has 0 atom stereocenters. The third-order valence-electron chi connectivity index (χ3n) is 4.81. The molecule has 4 aromatic rings. The van der Waals surface area contributed by atoms with Crippen molar-refractivity contribution in [1.82, 2.24) is 9.97 Å². The summed E-state index contributed by atoms with van der Waals surface area (Å²) in [4.78, 5) is 20.6. The van der Waals surface area contributed by atoms with Gasteiger partial charge in [-0.15, -0.1) is 0 Å². The first-order chi connectivity index (χ1) is 15.7. The number of aromatic nitrogens is 2. The van der Waals surface area contributed by atoms with E-state index in [0.29, 0.717) is 18.8 Å². The second-order valence-electron chi connectivity index (χ2n) is 7.10. The van der Waals surface area contributed by atoms with Crippen LogP contribution < -0.4 is 10.1 Å². The fourth-order valence-corrected chi connectivity index (χ4v) is 4.11. The minimum absolute atomic E-state index is 0.0280. The molecule has 162 valence electrons. The number of anilines is 1. The summed E-state index contributed by atoms with van der Waals surface area (Å²) in [5.41, 5.74) is 4.80. The standard InChI is InChI=1S/C26H25N3O2S/c1-2-31-22-15-13-21(14-16-22)27-23(30)17-18-32-26-28-24(19-9-5-3-6-10-19)25(29-26)20-11-7-4-8-12-20/h3-16H,2,17-18H2,1H3,(H,27,30)(H,28,29). The van der Waals surface area contributed by atoms with E-state index in [-0.39, 0.29) is 5.91 Å². The number of aromatic amines is 1. The fraction of sp³-hybridized carbons (Fsp3) is 0.154. The molecule has 0 aliphatic rings. The second-order valence-corrected chi connectivity index (χ2v) is 8.19. The zero-order chi connectivity index (χ0) is 22.2. The fourth-order valence-electron chi connectivity index (χ4n) is 3.30. The van der Waals surface area contributed by atoms with Crippen LogP contribution in [-0.4, -0.2) is 28.2 Å². The molecular formula is C26H25N3O2S. The lowest BCUT2D eigenvalue weighted by Gasteiger charge is -2.06. The molecule has 5 nitrogen and oxygen atoms in total. The summed E-state index contributed by atoms with van der Waals surface area (Å²) < 4.78 is 5.43. The molecule has 6 heteroatoms. The van der Waals surface area contributed by atoms with E-state index in [0.717, 1.165) is 39.1 Å². The van der Waals surface area contributed by atoms with Gasteiger partial charge in [0.1, 0.15) is 5.75 Å². The molecule has 0 bridgehead atoms. The molecule has 0 aliphatic heterocycles. The summed E-state index contributed by atoms with van der Waals surface area (Å²) >= 11 is 1.55. The van der Waals surface area contributed by atoms with Crippen LogP contribution in [0.15, 0.2) is 90.1 Å². The Morgan fingerprint density at radius 1 is 0.938 bits per heavy atom. The van der Waals surface area contributed by atoms with Gasteiger partial charge in [-0.3, -0.25) is 4.79 Å². The molecule has 2 N–H and O–H groups in total. The highest BCUT2D eigenvalue weighted by Crippen LogP contribution is 2.32. The number of benzene rings is 3. The quantitative estimate of drug-likeness (QED) is 0.300. The first-order valence-electron chi connectivity index (χ1n) is 10.6. The first kappa shape index (κ1) is 21.7. The van der Waals surface area contributed by atoms with Gasteiger partial charge in [-0.1, -0.05) is 72.4 Å². The van der Waals surface area contributed by atoms with Crippen molar-refractivity contribution < 1.29 is 9.53 Å². The summed E-state index contributed by atoms with van der Waals surface area (Å²) in [6, 6.07) is 27.7. The minimum Gasteiger partial charge on any atom is -0.494 e. The van der Waals surface area contributed by atoms with Gasteiger partial charge in [0.2, 0.25) is 5.91 Å². The molecule has 4 rings (SSSR count). The topological polar surface area (TPSA) is 67.0 Å². The first-order valence-corrected chi connectivity index (χ1v) is 11.6. The Morgan fingerprint density at radius 2 is 1.59 bits per heavy atom. The van der Waals surface area contributed by atoms with Gasteiger partial charge in [-0.25, -0.2) is 4.98 Å². The summed E-state index contributed by atoms with van der Waals surface area (Å²) in [6.07, 6.45) is 0.389. The lowest BCUT2D eigenvalue weighted by atomic mass is 10.1. The maximum atomic E-state index is 12.3. The van der Waals surface area contributed by atoms with Crippen LogP contribution >= 0.6 is 11.8 Å². The molecule has 0 saturated carbocycles. The number of nitrogens with one attached hydrogen (secondary N) is 2. The number of hydrogen-bond acceptors (Lipinski definition) is 4. The molecule has 0 fully saturated rings. The zero-order valence-electron chi connectivity index (χ0n) is 17.9. The van der Waals surface area contributed by atoms with Crippen molar-refractivity contribution in [2.24, 2.45) is 0 Å². The highest BCUT2D eigenvalue weighted by Gasteiger charge is 2.14. The SMILES string of the molecule is CCOc1ccc(NC(=O)CCSc2nc(-c3ccccc3)c(-c3ccccc3)[nH]2)cc1. The van der Waals surface area contributed by atoms with Gasteiger partial charge in [-0.05, 0) is 31.2 Å². The molecule has 1 aromatic heterocycles. The van der Waals surface area contributed by atoms with Crippen molar-refractivity contribution >= 4 is 23.4 Å². The molecule has 1 amide bonds. The van der Waals surface area contributed by atoms with Gasteiger partial charge in [0.15, 0.2) is 5.16 Å². The molecule has 1 heterocycles. The van der Waals surface area contributed by atoms with Gasteiger partial charge in [-0.2, -0.15) is 0 Å². The van der Waals surface area contributed by atoms with Crippen LogP contribution in [0.3, 0.4) is 0 Å². The average Bonchev–Trinajstić information content (AvgIpc) is 3.26. The third kappa shape index (κ3) is 5.59. The zero-order valence-corrected chi connectivity index (χ0v) is 18.7. The van der Waals surface area contributed by atoms with Crippen LogP contribution in [0.4, 0.5) is 5.69 Å². The molecule has 0 aliphatic carbocycles. The summed E-state index contributed by atoms with van der Waals surface area (Å²) in [7, 11) is 0. The van der Waals surface area contributed by atoms with E-state index in [4.69, 9.17) is 9.72 Å². The minimum atomic E-state index is -0.0280. The number of rotatable bonds is 9. The summed E-state index contributed by atoms with van der Waals surface area (Å²) in [5.74, 6) is 1.39. The number of thioether (sulfide) groups is 1. The third-order valence-corrected chi connectivity index (χ3v) is 5.68. The molecule has 3 aromatic carbocycles. The largest absolute Gasteiger partial charge is 0.494 e. The Balaban J connectivity index is 1.40. The predicted octanol–water partition coefficient (Wildman–Crippen LogP) is 6.26. The Morgan fingerprint density at radius 3 is 2.25 bits per heavy atom. The van der Waals surface area contributed by atoms with Crippen molar-refractivity contribution in [3.8, 4) is 28.3 Å². The van der Waals surface area contributed by atoms with Crippen LogP contribution in [0.1, 0.15) is 13.3 Å². The smallest absolute Gasteiger partial charge is 0.225 e. The van der Waals surface area contributed by atoms with E-state index in [1.807, 2.05) is 67.6 Å². The molecular weight excluding hydrogens is 418 g/mol. The second kappa shape index (κ2) is 10.7. The number of hydrogen-bond donors (Lipinski definition) is 2. The van der Waals surface area contributed by atoms with Crippen molar-refractivity contribution in [2.45, 2.75) is 18.5 Å². The lowest BCUT2D eigenvalue weighted by Crippen LogP contribution is -2.12. The maximum absolute atomic E-state index is 12.3. The number of imidazole rings is 1. The van der Waals surface area contributed by atoms with Crippen molar-refractivity contribution in [3.63, 3.8) is 0 Å². The van der Waals surface area contributed by atoms with Crippen LogP contribution in [0.25, 0.3) is 22.5 Å².